The molecule has 0 saturated heterocycles. The first-order valence-corrected chi connectivity index (χ1v) is 7.53. The number of carbonyl (C=O) groups is 1. The summed E-state index contributed by atoms with van der Waals surface area (Å²) in [6, 6.07) is 14.5. The topological polar surface area (TPSA) is 38.3 Å². The second-order valence-electron chi connectivity index (χ2n) is 5.79. The molecule has 2 aromatic carbocycles. The molecule has 0 fully saturated rings. The molecular formula is C19H23NO2. The van der Waals surface area contributed by atoms with Gasteiger partial charge in [-0.05, 0) is 44.0 Å². The lowest BCUT2D eigenvalue weighted by Gasteiger charge is -2.13. The van der Waals surface area contributed by atoms with Crippen LogP contribution >= 0.6 is 0 Å². The molecule has 0 bridgehead atoms. The summed E-state index contributed by atoms with van der Waals surface area (Å²) in [4.78, 5) is 12.0. The lowest BCUT2D eigenvalue weighted by Crippen LogP contribution is -2.31. The normalized spacial score (nSPS) is 10.6. The van der Waals surface area contributed by atoms with Gasteiger partial charge in [0, 0.05) is 11.6 Å². The second-order valence-corrected chi connectivity index (χ2v) is 5.79. The predicted molar refractivity (Wildman–Crippen MR) is 90.1 cm³/mol. The minimum Gasteiger partial charge on any atom is -0.496 e. The Labute approximate surface area is 132 Å². The molecule has 0 unspecified atom stereocenters. The van der Waals surface area contributed by atoms with E-state index in [2.05, 4.69) is 36.5 Å². The molecule has 116 valence electrons. The Hall–Kier alpha value is -2.29. The van der Waals surface area contributed by atoms with Gasteiger partial charge in [-0.15, -0.1) is 0 Å². The zero-order chi connectivity index (χ0) is 16.1. The number of hydrogen-bond donors (Lipinski definition) is 1. The Kier molecular flexibility index (Phi) is 5.21. The van der Waals surface area contributed by atoms with E-state index in [1.165, 1.54) is 5.56 Å². The molecule has 0 aliphatic rings. The highest BCUT2D eigenvalue weighted by atomic mass is 16.5. The van der Waals surface area contributed by atoms with Crippen LogP contribution in [0.25, 0.3) is 11.1 Å². The number of amides is 1. The number of methoxy groups -OCH3 is 1. The Morgan fingerprint density at radius 3 is 2.32 bits per heavy atom. The number of benzene rings is 2. The highest BCUT2D eigenvalue weighted by molar-refractivity contribution is 5.80. The van der Waals surface area contributed by atoms with Crippen LogP contribution < -0.4 is 10.1 Å². The van der Waals surface area contributed by atoms with Crippen molar-refractivity contribution in [3.63, 3.8) is 0 Å². The van der Waals surface area contributed by atoms with E-state index in [4.69, 9.17) is 4.74 Å². The van der Waals surface area contributed by atoms with Gasteiger partial charge in [0.1, 0.15) is 5.75 Å². The van der Waals surface area contributed by atoms with E-state index >= 15 is 0 Å². The minimum atomic E-state index is 0.00866. The summed E-state index contributed by atoms with van der Waals surface area (Å²) in [6.45, 7) is 5.98. The van der Waals surface area contributed by atoms with Crippen molar-refractivity contribution in [1.29, 1.82) is 0 Å². The van der Waals surface area contributed by atoms with Crippen molar-refractivity contribution in [2.24, 2.45) is 0 Å². The van der Waals surface area contributed by atoms with Gasteiger partial charge in [-0.2, -0.15) is 0 Å². The smallest absolute Gasteiger partial charge is 0.224 e. The molecule has 3 nitrogen and oxygen atoms in total. The van der Waals surface area contributed by atoms with Crippen molar-refractivity contribution in [1.82, 2.24) is 5.32 Å². The van der Waals surface area contributed by atoms with E-state index in [9.17, 15) is 4.79 Å². The van der Waals surface area contributed by atoms with Crippen LogP contribution in [0.4, 0.5) is 0 Å². The molecule has 2 aromatic rings. The molecule has 1 N–H and O–H groups in total. The van der Waals surface area contributed by atoms with Crippen LogP contribution in [0.2, 0.25) is 0 Å². The van der Waals surface area contributed by atoms with Gasteiger partial charge < -0.3 is 10.1 Å². The van der Waals surface area contributed by atoms with Crippen molar-refractivity contribution >= 4 is 5.91 Å². The van der Waals surface area contributed by atoms with E-state index in [0.717, 1.165) is 22.4 Å². The lowest BCUT2D eigenvalue weighted by atomic mass is 10.00. The zero-order valence-corrected chi connectivity index (χ0v) is 13.6. The third kappa shape index (κ3) is 4.10. The van der Waals surface area contributed by atoms with E-state index in [-0.39, 0.29) is 11.9 Å². The van der Waals surface area contributed by atoms with Crippen molar-refractivity contribution in [3.8, 4) is 16.9 Å². The summed E-state index contributed by atoms with van der Waals surface area (Å²) in [7, 11) is 1.63. The van der Waals surface area contributed by atoms with Crippen LogP contribution in [0.15, 0.2) is 42.5 Å². The average Bonchev–Trinajstić information content (AvgIpc) is 2.47. The van der Waals surface area contributed by atoms with E-state index < -0.39 is 0 Å². The fraction of sp³-hybridized carbons (Fsp3) is 0.316. The van der Waals surface area contributed by atoms with Gasteiger partial charge in [0.15, 0.2) is 0 Å². The number of nitrogens with one attached hydrogen (secondary N) is 1. The second kappa shape index (κ2) is 7.12. The molecule has 0 aromatic heterocycles. The molecule has 2 rings (SSSR count). The fourth-order valence-electron chi connectivity index (χ4n) is 2.39. The average molecular weight is 297 g/mol. The summed E-state index contributed by atoms with van der Waals surface area (Å²) in [5, 5.41) is 2.91. The maximum absolute atomic E-state index is 12.0. The van der Waals surface area contributed by atoms with E-state index in [1.807, 2.05) is 32.0 Å². The SMILES string of the molecule is COc1ccc(-c2ccc(C)cc2)cc1CC(=O)NC(C)C. The van der Waals surface area contributed by atoms with Gasteiger partial charge >= 0.3 is 0 Å². The van der Waals surface area contributed by atoms with Crippen LogP contribution in [0.3, 0.4) is 0 Å². The molecular weight excluding hydrogens is 274 g/mol. The van der Waals surface area contributed by atoms with Gasteiger partial charge in [0.05, 0.1) is 13.5 Å². The summed E-state index contributed by atoms with van der Waals surface area (Å²) in [5.41, 5.74) is 4.36. The first kappa shape index (κ1) is 16.1. The van der Waals surface area contributed by atoms with Crippen LogP contribution in [0, 0.1) is 6.92 Å². The number of rotatable bonds is 5. The quantitative estimate of drug-likeness (QED) is 0.913. The monoisotopic (exact) mass is 297 g/mol. The highest BCUT2D eigenvalue weighted by Crippen LogP contribution is 2.27. The van der Waals surface area contributed by atoms with Crippen LogP contribution in [-0.4, -0.2) is 19.1 Å². The minimum absolute atomic E-state index is 0.00866. The lowest BCUT2D eigenvalue weighted by molar-refractivity contribution is -0.120. The van der Waals surface area contributed by atoms with Crippen molar-refractivity contribution < 1.29 is 9.53 Å². The highest BCUT2D eigenvalue weighted by Gasteiger charge is 2.11. The van der Waals surface area contributed by atoms with Gasteiger partial charge in [0.25, 0.3) is 0 Å². The first-order valence-electron chi connectivity index (χ1n) is 7.53. The standard InChI is InChI=1S/C19H23NO2/c1-13(2)20-19(21)12-17-11-16(9-10-18(17)22-4)15-7-5-14(3)6-8-15/h5-11,13H,12H2,1-4H3,(H,20,21). The van der Waals surface area contributed by atoms with Crippen LogP contribution in [-0.2, 0) is 11.2 Å². The Morgan fingerprint density at radius 2 is 1.73 bits per heavy atom. The van der Waals surface area contributed by atoms with Crippen molar-refractivity contribution in [3.05, 3.63) is 53.6 Å². The molecule has 22 heavy (non-hydrogen) atoms. The van der Waals surface area contributed by atoms with Crippen LogP contribution in [0.1, 0.15) is 25.0 Å². The largest absolute Gasteiger partial charge is 0.496 e. The Bertz CT molecular complexity index is 645. The van der Waals surface area contributed by atoms with Gasteiger partial charge in [0.2, 0.25) is 5.91 Å². The zero-order valence-electron chi connectivity index (χ0n) is 13.6. The number of hydrogen-bond acceptors (Lipinski definition) is 2. The molecule has 0 aliphatic carbocycles. The van der Waals surface area contributed by atoms with Gasteiger partial charge in [-0.1, -0.05) is 35.9 Å². The Morgan fingerprint density at radius 1 is 1.09 bits per heavy atom. The van der Waals surface area contributed by atoms with Crippen LogP contribution in [0.5, 0.6) is 5.75 Å². The molecule has 0 saturated carbocycles. The molecule has 0 heterocycles. The summed E-state index contributed by atoms with van der Waals surface area (Å²) in [6.07, 6.45) is 0.320. The molecule has 3 heteroatoms. The molecule has 0 atom stereocenters. The number of carbonyl (C=O) groups excluding carboxylic acids is 1. The third-order valence-corrected chi connectivity index (χ3v) is 3.47. The van der Waals surface area contributed by atoms with E-state index in [1.54, 1.807) is 7.11 Å². The first-order chi connectivity index (χ1) is 10.5. The number of aryl methyl sites for hydroxylation is 1. The van der Waals surface area contributed by atoms with Gasteiger partial charge in [-0.25, -0.2) is 0 Å². The molecule has 1 amide bonds. The summed E-state index contributed by atoms with van der Waals surface area (Å²) >= 11 is 0. The molecule has 0 aliphatic heterocycles. The Balaban J connectivity index is 2.29. The van der Waals surface area contributed by atoms with Crippen molar-refractivity contribution in [2.75, 3.05) is 7.11 Å². The number of ether oxygens (including phenoxy) is 1. The van der Waals surface area contributed by atoms with E-state index in [0.29, 0.717) is 6.42 Å². The van der Waals surface area contributed by atoms with Gasteiger partial charge in [-0.3, -0.25) is 4.79 Å². The maximum Gasteiger partial charge on any atom is 0.224 e. The summed E-state index contributed by atoms with van der Waals surface area (Å²) in [5.74, 6) is 0.754. The fourth-order valence-corrected chi connectivity index (χ4v) is 2.39. The third-order valence-electron chi connectivity index (χ3n) is 3.47. The summed E-state index contributed by atoms with van der Waals surface area (Å²) < 4.78 is 5.38. The predicted octanol–water partition coefficient (Wildman–Crippen LogP) is 3.74. The molecule has 0 spiro atoms. The maximum atomic E-state index is 12.0. The van der Waals surface area contributed by atoms with Crippen molar-refractivity contribution in [2.45, 2.75) is 33.2 Å². The molecule has 0 radical (unpaired) electrons.